The van der Waals surface area contributed by atoms with Crippen molar-refractivity contribution in [1.29, 1.82) is 0 Å². The van der Waals surface area contributed by atoms with Crippen LogP contribution in [0.5, 0.6) is 0 Å². The van der Waals surface area contributed by atoms with Gasteiger partial charge in [-0.2, -0.15) is 0 Å². The molecule has 0 radical (unpaired) electrons. The van der Waals surface area contributed by atoms with Crippen molar-refractivity contribution < 1.29 is 13.2 Å². The summed E-state index contributed by atoms with van der Waals surface area (Å²) in [5.41, 5.74) is 0. The fourth-order valence-electron chi connectivity index (χ4n) is 2.41. The number of sulfone groups is 1. The maximum atomic E-state index is 11.9. The van der Waals surface area contributed by atoms with E-state index in [1.807, 2.05) is 0 Å². The number of unbranched alkanes of at least 4 members (excludes halogenated alkanes) is 2. The maximum absolute atomic E-state index is 11.9. The molecule has 0 aliphatic carbocycles. The Morgan fingerprint density at radius 2 is 2.16 bits per heavy atom. The van der Waals surface area contributed by atoms with Crippen molar-refractivity contribution in [3.8, 4) is 0 Å². The highest BCUT2D eigenvalue weighted by Gasteiger charge is 2.23. The largest absolute Gasteiger partial charge is 0.377 e. The third-order valence-corrected chi connectivity index (χ3v) is 5.32. The van der Waals surface area contributed by atoms with Gasteiger partial charge in [0.1, 0.15) is 0 Å². The van der Waals surface area contributed by atoms with E-state index in [4.69, 9.17) is 4.74 Å². The van der Waals surface area contributed by atoms with Gasteiger partial charge in [0.25, 0.3) is 0 Å². The highest BCUT2D eigenvalue weighted by molar-refractivity contribution is 7.91. The number of nitrogens with one attached hydrogen (secondary N) is 1. The molecule has 0 saturated carbocycles. The second-order valence-corrected chi connectivity index (χ2v) is 7.83. The third kappa shape index (κ3) is 7.90. The number of hydrogen-bond acceptors (Lipinski definition) is 4. The number of hydrogen-bond donors (Lipinski definition) is 1. The summed E-state index contributed by atoms with van der Waals surface area (Å²) in [6.45, 7) is 5.59. The van der Waals surface area contributed by atoms with E-state index in [-0.39, 0.29) is 17.6 Å². The summed E-state index contributed by atoms with van der Waals surface area (Å²) >= 11 is 0. The Morgan fingerprint density at radius 3 is 2.79 bits per heavy atom. The van der Waals surface area contributed by atoms with Crippen molar-refractivity contribution in [2.24, 2.45) is 0 Å². The predicted octanol–water partition coefficient (Wildman–Crippen LogP) is 2.14. The zero-order valence-electron chi connectivity index (χ0n) is 12.4. The summed E-state index contributed by atoms with van der Waals surface area (Å²) in [5.74, 6) is 0.421. The molecule has 2 atom stereocenters. The van der Waals surface area contributed by atoms with Crippen LogP contribution >= 0.6 is 0 Å². The highest BCUT2D eigenvalue weighted by atomic mass is 32.2. The van der Waals surface area contributed by atoms with Gasteiger partial charge < -0.3 is 10.1 Å². The summed E-state index contributed by atoms with van der Waals surface area (Å²) in [6.07, 6.45) is 6.64. The van der Waals surface area contributed by atoms with E-state index in [1.54, 1.807) is 0 Å². The summed E-state index contributed by atoms with van der Waals surface area (Å²) in [5, 5.41) is 3.30. The molecule has 1 fully saturated rings. The fourth-order valence-corrected chi connectivity index (χ4v) is 3.83. The minimum Gasteiger partial charge on any atom is -0.377 e. The van der Waals surface area contributed by atoms with Crippen LogP contribution in [0.3, 0.4) is 0 Å². The maximum Gasteiger partial charge on any atom is 0.154 e. The quantitative estimate of drug-likeness (QED) is 0.627. The molecule has 1 rings (SSSR count). The van der Waals surface area contributed by atoms with Crippen LogP contribution < -0.4 is 5.32 Å². The molecule has 0 aromatic rings. The molecule has 114 valence electrons. The second kappa shape index (κ2) is 8.93. The Bertz CT molecular complexity index is 324. The van der Waals surface area contributed by atoms with Gasteiger partial charge in [-0.1, -0.05) is 26.2 Å². The molecular weight excluding hydrogens is 262 g/mol. The Hall–Kier alpha value is -0.130. The fraction of sp³-hybridized carbons (Fsp3) is 1.00. The van der Waals surface area contributed by atoms with Crippen molar-refractivity contribution in [3.05, 3.63) is 0 Å². The van der Waals surface area contributed by atoms with Crippen LogP contribution in [0.2, 0.25) is 0 Å². The monoisotopic (exact) mass is 291 g/mol. The van der Waals surface area contributed by atoms with Crippen LogP contribution in [0.15, 0.2) is 0 Å². The van der Waals surface area contributed by atoms with Gasteiger partial charge in [-0.05, 0) is 26.2 Å². The van der Waals surface area contributed by atoms with E-state index in [2.05, 4.69) is 19.2 Å². The van der Waals surface area contributed by atoms with Gasteiger partial charge in [-0.25, -0.2) is 8.42 Å². The SMILES string of the molecule is CCCCCC(C)NCCS(=O)(=O)CC1CCCO1. The summed E-state index contributed by atoms with van der Waals surface area (Å²) < 4.78 is 29.2. The van der Waals surface area contributed by atoms with Crippen LogP contribution in [0.1, 0.15) is 52.4 Å². The molecule has 0 bridgehead atoms. The number of ether oxygens (including phenoxy) is 1. The van der Waals surface area contributed by atoms with Crippen LogP contribution in [0.25, 0.3) is 0 Å². The van der Waals surface area contributed by atoms with E-state index in [0.717, 1.165) is 19.3 Å². The summed E-state index contributed by atoms with van der Waals surface area (Å²) in [4.78, 5) is 0. The van der Waals surface area contributed by atoms with Gasteiger partial charge in [-0.15, -0.1) is 0 Å². The number of rotatable bonds is 10. The molecule has 4 nitrogen and oxygen atoms in total. The topological polar surface area (TPSA) is 55.4 Å². The molecule has 1 heterocycles. The molecule has 1 saturated heterocycles. The van der Waals surface area contributed by atoms with Gasteiger partial charge in [0, 0.05) is 19.2 Å². The molecule has 5 heteroatoms. The van der Waals surface area contributed by atoms with Gasteiger partial charge in [-0.3, -0.25) is 0 Å². The van der Waals surface area contributed by atoms with Crippen molar-refractivity contribution in [2.45, 2.75) is 64.5 Å². The van der Waals surface area contributed by atoms with E-state index in [0.29, 0.717) is 19.2 Å². The van der Waals surface area contributed by atoms with Crippen LogP contribution in [-0.4, -0.2) is 45.2 Å². The molecular formula is C14H29NO3S. The van der Waals surface area contributed by atoms with E-state index < -0.39 is 9.84 Å². The molecule has 2 unspecified atom stereocenters. The van der Waals surface area contributed by atoms with Crippen LogP contribution in [0, 0.1) is 0 Å². The first-order chi connectivity index (χ1) is 9.03. The molecule has 0 aromatic heterocycles. The Labute approximate surface area is 118 Å². The van der Waals surface area contributed by atoms with Crippen molar-refractivity contribution >= 4 is 9.84 Å². The zero-order chi connectivity index (χ0) is 14.1. The van der Waals surface area contributed by atoms with Gasteiger partial charge in [0.15, 0.2) is 9.84 Å². The Morgan fingerprint density at radius 1 is 1.37 bits per heavy atom. The lowest BCUT2D eigenvalue weighted by molar-refractivity contribution is 0.127. The minimum absolute atomic E-state index is 0.0630. The van der Waals surface area contributed by atoms with Crippen molar-refractivity contribution in [1.82, 2.24) is 5.32 Å². The molecule has 1 aliphatic rings. The second-order valence-electron chi connectivity index (χ2n) is 5.60. The lowest BCUT2D eigenvalue weighted by Gasteiger charge is -2.14. The predicted molar refractivity (Wildman–Crippen MR) is 79.2 cm³/mol. The van der Waals surface area contributed by atoms with Gasteiger partial charge in [0.2, 0.25) is 0 Å². The molecule has 1 N–H and O–H groups in total. The Balaban J connectivity index is 2.12. The molecule has 19 heavy (non-hydrogen) atoms. The molecule has 0 amide bonds. The minimum atomic E-state index is -2.97. The molecule has 0 spiro atoms. The lowest BCUT2D eigenvalue weighted by Crippen LogP contribution is -2.33. The molecule has 0 aromatic carbocycles. The van der Waals surface area contributed by atoms with E-state index >= 15 is 0 Å². The smallest absolute Gasteiger partial charge is 0.154 e. The highest BCUT2D eigenvalue weighted by Crippen LogP contribution is 2.14. The summed E-state index contributed by atoms with van der Waals surface area (Å²) in [7, 11) is -2.97. The lowest BCUT2D eigenvalue weighted by atomic mass is 10.1. The normalized spacial score (nSPS) is 21.7. The first-order valence-corrected chi connectivity index (χ1v) is 9.41. The molecule has 1 aliphatic heterocycles. The van der Waals surface area contributed by atoms with Gasteiger partial charge >= 0.3 is 0 Å². The van der Waals surface area contributed by atoms with Crippen LogP contribution in [-0.2, 0) is 14.6 Å². The Kier molecular flexibility index (Phi) is 7.95. The van der Waals surface area contributed by atoms with E-state index in [9.17, 15) is 8.42 Å². The first-order valence-electron chi connectivity index (χ1n) is 7.59. The van der Waals surface area contributed by atoms with Crippen molar-refractivity contribution in [2.75, 3.05) is 24.7 Å². The third-order valence-electron chi connectivity index (χ3n) is 3.61. The zero-order valence-corrected chi connectivity index (χ0v) is 13.2. The average molecular weight is 291 g/mol. The standard InChI is InChI=1S/C14H29NO3S/c1-3-4-5-7-13(2)15-9-11-19(16,17)12-14-8-6-10-18-14/h13-15H,3-12H2,1-2H3. The van der Waals surface area contributed by atoms with Gasteiger partial charge in [0.05, 0.1) is 17.6 Å². The first kappa shape index (κ1) is 16.9. The van der Waals surface area contributed by atoms with Crippen molar-refractivity contribution in [3.63, 3.8) is 0 Å². The average Bonchev–Trinajstić information content (AvgIpc) is 2.81. The van der Waals surface area contributed by atoms with E-state index in [1.165, 1.54) is 19.3 Å². The summed E-state index contributed by atoms with van der Waals surface area (Å²) in [6, 6.07) is 0.407. The van der Waals surface area contributed by atoms with Crippen LogP contribution in [0.4, 0.5) is 0 Å².